The average molecular weight is 508 g/mol. The van der Waals surface area contributed by atoms with Crippen molar-refractivity contribution >= 4 is 34.1 Å². The summed E-state index contributed by atoms with van der Waals surface area (Å²) in [5, 5.41) is 12.8. The minimum atomic E-state index is -0.128. The Kier molecular flexibility index (Phi) is 8.20. The van der Waals surface area contributed by atoms with Crippen LogP contribution < -0.4 is 10.1 Å². The van der Waals surface area contributed by atoms with Crippen molar-refractivity contribution in [3.8, 4) is 17.0 Å². The van der Waals surface area contributed by atoms with Gasteiger partial charge in [-0.25, -0.2) is 4.98 Å². The molecule has 9 heteroatoms. The van der Waals surface area contributed by atoms with E-state index in [4.69, 9.17) is 4.74 Å². The van der Waals surface area contributed by atoms with Crippen LogP contribution in [0.1, 0.15) is 43.0 Å². The summed E-state index contributed by atoms with van der Waals surface area (Å²) in [6, 6.07) is 18.1. The predicted molar refractivity (Wildman–Crippen MR) is 142 cm³/mol. The van der Waals surface area contributed by atoms with E-state index >= 15 is 0 Å². The molecule has 4 aromatic rings. The van der Waals surface area contributed by atoms with E-state index in [0.29, 0.717) is 29.4 Å². The topological polar surface area (TPSA) is 81.9 Å². The van der Waals surface area contributed by atoms with Crippen LogP contribution in [0.4, 0.5) is 5.13 Å². The lowest BCUT2D eigenvalue weighted by atomic mass is 10.0. The Morgan fingerprint density at radius 2 is 1.86 bits per heavy atom. The first kappa shape index (κ1) is 24.9. The summed E-state index contributed by atoms with van der Waals surface area (Å²) in [7, 11) is 0. The van der Waals surface area contributed by atoms with Crippen molar-refractivity contribution in [2.45, 2.75) is 51.9 Å². The van der Waals surface area contributed by atoms with Crippen LogP contribution in [-0.4, -0.2) is 31.4 Å². The molecule has 1 amide bonds. The molecule has 35 heavy (non-hydrogen) atoms. The zero-order valence-corrected chi connectivity index (χ0v) is 21.9. The Bertz CT molecular complexity index is 1270. The van der Waals surface area contributed by atoms with E-state index in [2.05, 4.69) is 46.5 Å². The van der Waals surface area contributed by atoms with Crippen LogP contribution in [0, 0.1) is 6.92 Å². The van der Waals surface area contributed by atoms with E-state index in [0.717, 1.165) is 27.7 Å². The molecule has 0 aliphatic carbocycles. The Morgan fingerprint density at radius 1 is 1.11 bits per heavy atom. The molecule has 0 bridgehead atoms. The molecule has 0 radical (unpaired) electrons. The number of ether oxygens (including phenoxy) is 1. The molecular formula is C26H29N5O2S2. The molecule has 0 unspecified atom stereocenters. The van der Waals surface area contributed by atoms with E-state index in [9.17, 15) is 4.79 Å². The number of aromatic nitrogens is 4. The molecule has 0 aliphatic rings. The minimum Gasteiger partial charge on any atom is -0.486 e. The first-order chi connectivity index (χ1) is 16.9. The molecule has 0 saturated carbocycles. The summed E-state index contributed by atoms with van der Waals surface area (Å²) < 4.78 is 7.89. The number of aryl methyl sites for hydroxylation is 1. The summed E-state index contributed by atoms with van der Waals surface area (Å²) in [4.78, 5) is 18.3. The molecule has 0 spiro atoms. The summed E-state index contributed by atoms with van der Waals surface area (Å²) in [5.41, 5.74) is 3.21. The quantitative estimate of drug-likeness (QED) is 0.259. The van der Waals surface area contributed by atoms with Crippen molar-refractivity contribution < 1.29 is 9.53 Å². The minimum absolute atomic E-state index is 0.128. The molecule has 0 saturated heterocycles. The number of carbonyl (C=O) groups is 1. The lowest BCUT2D eigenvalue weighted by Crippen LogP contribution is -2.14. The molecule has 0 aliphatic heterocycles. The Hall–Kier alpha value is -3.17. The third kappa shape index (κ3) is 6.29. The maximum atomic E-state index is 12.6. The second-order valence-electron chi connectivity index (χ2n) is 8.28. The molecule has 0 atom stereocenters. The SMILES string of the molecule is CCn1c(COc2ccc(C(C)C)cc2)nnc1SCC(=O)Nc1nc(-c2ccccc2)c(C)s1. The molecule has 0 fully saturated rings. The van der Waals surface area contributed by atoms with E-state index < -0.39 is 0 Å². The molecule has 1 N–H and O–H groups in total. The number of thioether (sulfide) groups is 1. The number of hydrogen-bond acceptors (Lipinski definition) is 7. The fourth-order valence-electron chi connectivity index (χ4n) is 3.55. The van der Waals surface area contributed by atoms with E-state index in [1.807, 2.05) is 60.9 Å². The number of amides is 1. The summed E-state index contributed by atoms with van der Waals surface area (Å²) in [5.74, 6) is 2.09. The summed E-state index contributed by atoms with van der Waals surface area (Å²) in [6.45, 7) is 9.37. The predicted octanol–water partition coefficient (Wildman–Crippen LogP) is 6.16. The maximum absolute atomic E-state index is 12.6. The fourth-order valence-corrected chi connectivity index (χ4v) is 5.22. The van der Waals surface area contributed by atoms with Gasteiger partial charge in [-0.3, -0.25) is 4.79 Å². The van der Waals surface area contributed by atoms with E-state index in [-0.39, 0.29) is 11.7 Å². The number of carbonyl (C=O) groups excluding carboxylic acids is 1. The van der Waals surface area contributed by atoms with Gasteiger partial charge >= 0.3 is 0 Å². The highest BCUT2D eigenvalue weighted by Crippen LogP contribution is 2.30. The second kappa shape index (κ2) is 11.5. The number of anilines is 1. The largest absolute Gasteiger partial charge is 0.486 e. The van der Waals surface area contributed by atoms with Crippen LogP contribution >= 0.6 is 23.1 Å². The van der Waals surface area contributed by atoms with Gasteiger partial charge in [-0.1, -0.05) is 68.1 Å². The van der Waals surface area contributed by atoms with Gasteiger partial charge in [-0.15, -0.1) is 21.5 Å². The number of benzene rings is 2. The van der Waals surface area contributed by atoms with Crippen LogP contribution in [0.2, 0.25) is 0 Å². The number of hydrogen-bond donors (Lipinski definition) is 1. The Labute approximate surface area is 214 Å². The van der Waals surface area contributed by atoms with Crippen molar-refractivity contribution in [1.82, 2.24) is 19.7 Å². The Morgan fingerprint density at radius 3 is 2.54 bits per heavy atom. The lowest BCUT2D eigenvalue weighted by Gasteiger charge is -2.10. The highest BCUT2D eigenvalue weighted by atomic mass is 32.2. The number of thiazole rings is 1. The van der Waals surface area contributed by atoms with Crippen molar-refractivity contribution in [3.63, 3.8) is 0 Å². The zero-order chi connectivity index (χ0) is 24.8. The van der Waals surface area contributed by atoms with E-state index in [1.54, 1.807) is 0 Å². The standard InChI is InChI=1S/C26H29N5O2S2/c1-5-31-22(15-33-21-13-11-19(12-14-21)17(2)3)29-30-26(31)34-16-23(32)27-25-28-24(18(4)35-25)20-9-7-6-8-10-20/h6-14,17H,5,15-16H2,1-4H3,(H,27,28,32). The number of nitrogens with one attached hydrogen (secondary N) is 1. The van der Waals surface area contributed by atoms with Gasteiger partial charge in [0, 0.05) is 17.0 Å². The maximum Gasteiger partial charge on any atom is 0.236 e. The molecular weight excluding hydrogens is 478 g/mol. The number of nitrogens with zero attached hydrogens (tertiary/aromatic N) is 4. The Balaban J connectivity index is 1.33. The number of rotatable bonds is 10. The van der Waals surface area contributed by atoms with Crippen LogP contribution in [0.15, 0.2) is 59.8 Å². The van der Waals surface area contributed by atoms with Gasteiger partial charge in [0.2, 0.25) is 5.91 Å². The highest BCUT2D eigenvalue weighted by molar-refractivity contribution is 7.99. The first-order valence-electron chi connectivity index (χ1n) is 11.5. The third-order valence-electron chi connectivity index (χ3n) is 5.45. The van der Waals surface area contributed by atoms with Crippen molar-refractivity contribution in [2.24, 2.45) is 0 Å². The van der Waals surface area contributed by atoms with Gasteiger partial charge in [0.05, 0.1) is 11.4 Å². The molecule has 4 rings (SSSR count). The van der Waals surface area contributed by atoms with Gasteiger partial charge < -0.3 is 14.6 Å². The van der Waals surface area contributed by atoms with Crippen LogP contribution in [-0.2, 0) is 17.9 Å². The van der Waals surface area contributed by atoms with Gasteiger partial charge in [0.25, 0.3) is 0 Å². The van der Waals surface area contributed by atoms with Gasteiger partial charge in [-0.05, 0) is 37.5 Å². The molecule has 2 aromatic heterocycles. The van der Waals surface area contributed by atoms with Crippen molar-refractivity contribution in [3.05, 3.63) is 70.9 Å². The molecule has 2 heterocycles. The smallest absolute Gasteiger partial charge is 0.236 e. The second-order valence-corrected chi connectivity index (χ2v) is 10.4. The van der Waals surface area contributed by atoms with Crippen LogP contribution in [0.5, 0.6) is 5.75 Å². The van der Waals surface area contributed by atoms with Crippen molar-refractivity contribution in [1.29, 1.82) is 0 Å². The normalized spacial score (nSPS) is 11.1. The summed E-state index contributed by atoms with van der Waals surface area (Å²) in [6.07, 6.45) is 0. The van der Waals surface area contributed by atoms with Crippen molar-refractivity contribution in [2.75, 3.05) is 11.1 Å². The fraction of sp³-hybridized carbons (Fsp3) is 0.308. The van der Waals surface area contributed by atoms with Gasteiger partial charge in [-0.2, -0.15) is 0 Å². The molecule has 182 valence electrons. The first-order valence-corrected chi connectivity index (χ1v) is 13.3. The third-order valence-corrected chi connectivity index (χ3v) is 7.30. The van der Waals surface area contributed by atoms with Crippen LogP contribution in [0.25, 0.3) is 11.3 Å². The zero-order valence-electron chi connectivity index (χ0n) is 20.3. The van der Waals surface area contributed by atoms with E-state index in [1.165, 1.54) is 28.7 Å². The lowest BCUT2D eigenvalue weighted by molar-refractivity contribution is -0.113. The highest BCUT2D eigenvalue weighted by Gasteiger charge is 2.16. The molecule has 7 nitrogen and oxygen atoms in total. The van der Waals surface area contributed by atoms with Gasteiger partial charge in [0.1, 0.15) is 12.4 Å². The summed E-state index contributed by atoms with van der Waals surface area (Å²) >= 11 is 2.83. The average Bonchev–Trinajstić information content (AvgIpc) is 3.44. The molecule has 2 aromatic carbocycles. The monoisotopic (exact) mass is 507 g/mol. The van der Waals surface area contributed by atoms with Crippen LogP contribution in [0.3, 0.4) is 0 Å². The van der Waals surface area contributed by atoms with Gasteiger partial charge in [0.15, 0.2) is 16.1 Å².